The fourth-order valence-electron chi connectivity index (χ4n) is 5.97. The molecule has 2 unspecified atom stereocenters. The van der Waals surface area contributed by atoms with Crippen molar-refractivity contribution >= 4 is 16.0 Å². The molecule has 0 rings (SSSR count). The summed E-state index contributed by atoms with van der Waals surface area (Å²) in [6.45, 7) is 4.40. The van der Waals surface area contributed by atoms with Crippen molar-refractivity contribution in [3.63, 3.8) is 0 Å². The van der Waals surface area contributed by atoms with Crippen LogP contribution in [0.4, 0.5) is 0 Å². The number of nitrogens with one attached hydrogen (secondary N) is 1. The van der Waals surface area contributed by atoms with Crippen LogP contribution >= 0.6 is 0 Å². The van der Waals surface area contributed by atoms with Crippen molar-refractivity contribution in [1.82, 2.24) is 5.32 Å². The molecule has 0 aromatic heterocycles. The zero-order valence-corrected chi connectivity index (χ0v) is 34.7. The summed E-state index contributed by atoms with van der Waals surface area (Å²) in [5.74, 6) is -0.982. The van der Waals surface area contributed by atoms with E-state index in [0.29, 0.717) is 12.8 Å². The largest absolute Gasteiger partial charge is 0.391 e. The van der Waals surface area contributed by atoms with Crippen LogP contribution in [0.3, 0.4) is 0 Å². The summed E-state index contributed by atoms with van der Waals surface area (Å²) in [6.07, 6.45) is 56.8. The summed E-state index contributed by atoms with van der Waals surface area (Å²) in [7, 11) is -4.34. The van der Waals surface area contributed by atoms with Crippen LogP contribution < -0.4 is 5.32 Å². The molecule has 1 amide bonds. The SMILES string of the molecule is CC/C=C\C/C=C\C/C=C\C/C=C\C/C=C\C/C=C\C/C=C\CCCC(=O)NC(CS(=O)(=O)O)C(O)CCCCCCCCCCCCCCCCC. The lowest BCUT2D eigenvalue weighted by atomic mass is 10.0. The van der Waals surface area contributed by atoms with Crippen LogP contribution in [0.5, 0.6) is 0 Å². The molecule has 0 heterocycles. The fraction of sp³-hybridized carbons (Fsp3) is 0.674. The summed E-state index contributed by atoms with van der Waals surface area (Å²) >= 11 is 0. The lowest BCUT2D eigenvalue weighted by Gasteiger charge is -2.23. The van der Waals surface area contributed by atoms with Gasteiger partial charge in [0.15, 0.2) is 0 Å². The molecule has 0 saturated heterocycles. The second-order valence-electron chi connectivity index (χ2n) is 14.2. The number of rotatable bonds is 37. The van der Waals surface area contributed by atoms with Crippen molar-refractivity contribution in [2.45, 2.75) is 193 Å². The van der Waals surface area contributed by atoms with Gasteiger partial charge in [-0.3, -0.25) is 9.35 Å². The molecule has 0 aliphatic rings. The molecule has 0 aromatic rings. The molecular weight excluding hydrogens is 679 g/mol. The molecule has 7 heteroatoms. The summed E-state index contributed by atoms with van der Waals surface area (Å²) in [5, 5.41) is 13.3. The van der Waals surface area contributed by atoms with Gasteiger partial charge in [0.2, 0.25) is 5.91 Å². The monoisotopic (exact) mass is 758 g/mol. The van der Waals surface area contributed by atoms with Crippen molar-refractivity contribution < 1.29 is 22.9 Å². The van der Waals surface area contributed by atoms with Gasteiger partial charge < -0.3 is 10.4 Å². The van der Waals surface area contributed by atoms with E-state index in [1.165, 1.54) is 77.0 Å². The maximum atomic E-state index is 12.5. The van der Waals surface area contributed by atoms with Gasteiger partial charge in [-0.25, -0.2) is 0 Å². The number of allylic oxidation sites excluding steroid dienone is 14. The second kappa shape index (κ2) is 39.2. The maximum absolute atomic E-state index is 12.5. The number of hydrogen-bond acceptors (Lipinski definition) is 4. The fourth-order valence-corrected chi connectivity index (χ4v) is 6.73. The Morgan fingerprint density at radius 2 is 0.887 bits per heavy atom. The molecule has 0 aliphatic carbocycles. The predicted octanol–water partition coefficient (Wildman–Crippen LogP) is 12.8. The number of amides is 1. The predicted molar refractivity (Wildman–Crippen MR) is 230 cm³/mol. The molecule has 0 spiro atoms. The van der Waals surface area contributed by atoms with E-state index in [0.717, 1.165) is 70.6 Å². The van der Waals surface area contributed by atoms with Gasteiger partial charge in [0, 0.05) is 6.42 Å². The van der Waals surface area contributed by atoms with Crippen molar-refractivity contribution in [3.8, 4) is 0 Å². The van der Waals surface area contributed by atoms with E-state index in [9.17, 15) is 22.9 Å². The smallest absolute Gasteiger partial charge is 0.266 e. The first-order valence-corrected chi connectivity index (χ1v) is 22.9. The van der Waals surface area contributed by atoms with Gasteiger partial charge in [-0.05, 0) is 64.2 Å². The van der Waals surface area contributed by atoms with E-state index < -0.39 is 28.0 Å². The number of aliphatic hydroxyl groups excluding tert-OH is 1. The van der Waals surface area contributed by atoms with Gasteiger partial charge in [-0.1, -0.05) is 195 Å². The molecule has 2 atom stereocenters. The lowest BCUT2D eigenvalue weighted by Crippen LogP contribution is -2.47. The third-order valence-corrected chi connectivity index (χ3v) is 9.89. The van der Waals surface area contributed by atoms with E-state index in [4.69, 9.17) is 0 Å². The van der Waals surface area contributed by atoms with Crippen molar-refractivity contribution in [2.24, 2.45) is 0 Å². The Balaban J connectivity index is 4.01. The number of aliphatic hydroxyl groups is 1. The highest BCUT2D eigenvalue weighted by Gasteiger charge is 2.26. The third kappa shape index (κ3) is 40.5. The Morgan fingerprint density at radius 1 is 0.528 bits per heavy atom. The first kappa shape index (κ1) is 50.5. The minimum atomic E-state index is -4.34. The Kier molecular flexibility index (Phi) is 37.4. The molecule has 53 heavy (non-hydrogen) atoms. The van der Waals surface area contributed by atoms with Gasteiger partial charge >= 0.3 is 0 Å². The average Bonchev–Trinajstić information content (AvgIpc) is 3.12. The summed E-state index contributed by atoms with van der Waals surface area (Å²) in [6, 6.07) is -1.01. The van der Waals surface area contributed by atoms with Gasteiger partial charge in [0.05, 0.1) is 17.9 Å². The molecule has 0 saturated carbocycles. The molecule has 0 radical (unpaired) electrons. The van der Waals surface area contributed by atoms with Crippen LogP contribution in [0.15, 0.2) is 85.1 Å². The van der Waals surface area contributed by atoms with Crippen LogP contribution in [0.2, 0.25) is 0 Å². The maximum Gasteiger partial charge on any atom is 0.266 e. The van der Waals surface area contributed by atoms with Gasteiger partial charge in [0.25, 0.3) is 10.1 Å². The number of carbonyl (C=O) groups is 1. The van der Waals surface area contributed by atoms with Crippen molar-refractivity contribution in [3.05, 3.63) is 85.1 Å². The van der Waals surface area contributed by atoms with Crippen molar-refractivity contribution in [2.75, 3.05) is 5.75 Å². The number of unbranched alkanes of at least 4 members (excludes halogenated alkanes) is 15. The van der Waals surface area contributed by atoms with E-state index in [1.54, 1.807) is 0 Å². The van der Waals surface area contributed by atoms with Crippen LogP contribution in [0.25, 0.3) is 0 Å². The summed E-state index contributed by atoms with van der Waals surface area (Å²) < 4.78 is 32.6. The normalized spacial score (nSPS) is 14.1. The third-order valence-electron chi connectivity index (χ3n) is 9.11. The Hall–Kier alpha value is -2.48. The quantitative estimate of drug-likeness (QED) is 0.0332. The molecule has 0 bridgehead atoms. The molecule has 0 fully saturated rings. The topological polar surface area (TPSA) is 104 Å². The molecule has 304 valence electrons. The second-order valence-corrected chi connectivity index (χ2v) is 15.7. The highest BCUT2D eigenvalue weighted by atomic mass is 32.2. The van der Waals surface area contributed by atoms with Gasteiger partial charge in [-0.2, -0.15) is 8.42 Å². The van der Waals surface area contributed by atoms with Crippen LogP contribution in [0, 0.1) is 0 Å². The molecular formula is C46H79NO5S. The van der Waals surface area contributed by atoms with Crippen molar-refractivity contribution in [1.29, 1.82) is 0 Å². The molecule has 0 aromatic carbocycles. The number of hydrogen-bond donors (Lipinski definition) is 3. The minimum absolute atomic E-state index is 0.234. The molecule has 3 N–H and O–H groups in total. The van der Waals surface area contributed by atoms with Gasteiger partial charge in [-0.15, -0.1) is 0 Å². The van der Waals surface area contributed by atoms with Crippen LogP contribution in [-0.2, 0) is 14.9 Å². The first-order chi connectivity index (χ1) is 25.8. The van der Waals surface area contributed by atoms with E-state index in [2.05, 4.69) is 104 Å². The van der Waals surface area contributed by atoms with E-state index in [1.807, 2.05) is 0 Å². The molecule has 6 nitrogen and oxygen atoms in total. The molecule has 0 aliphatic heterocycles. The van der Waals surface area contributed by atoms with E-state index >= 15 is 0 Å². The number of carbonyl (C=O) groups excluding carboxylic acids is 1. The highest BCUT2D eigenvalue weighted by molar-refractivity contribution is 7.85. The summed E-state index contributed by atoms with van der Waals surface area (Å²) in [4.78, 5) is 12.5. The van der Waals surface area contributed by atoms with Crippen LogP contribution in [0.1, 0.15) is 181 Å². The summed E-state index contributed by atoms with van der Waals surface area (Å²) in [5.41, 5.74) is 0. The standard InChI is InChI=1S/C46H79NO5S/c1-3-5-7-9-11-13-15-17-19-20-21-22-23-24-25-26-28-30-32-34-36-38-40-42-46(49)47-44(43-53(50,51)52)45(48)41-39-37-35-33-31-29-27-18-16-14-12-10-8-6-4-2/h5,7,11,13,17,19,21-22,24-25,28,30,34,36,44-45,48H,3-4,6,8-10,12,14-16,18,20,23,26-27,29,31-33,35,37-43H2,1-2H3,(H,47,49)(H,50,51,52)/b7-5-,13-11-,19-17-,22-21-,25-24-,30-28-,36-34-. The zero-order valence-electron chi connectivity index (χ0n) is 33.9. The van der Waals surface area contributed by atoms with E-state index in [-0.39, 0.29) is 12.3 Å². The Bertz CT molecular complexity index is 1150. The zero-order chi connectivity index (χ0) is 38.9. The average molecular weight is 758 g/mol. The Morgan fingerprint density at radius 3 is 1.26 bits per heavy atom. The highest BCUT2D eigenvalue weighted by Crippen LogP contribution is 2.15. The lowest BCUT2D eigenvalue weighted by molar-refractivity contribution is -0.122. The minimum Gasteiger partial charge on any atom is -0.391 e. The van der Waals surface area contributed by atoms with Gasteiger partial charge in [0.1, 0.15) is 0 Å². The van der Waals surface area contributed by atoms with Crippen LogP contribution in [-0.4, -0.2) is 41.9 Å². The first-order valence-electron chi connectivity index (χ1n) is 21.3. The Labute approximate surface area is 326 Å².